The first-order chi connectivity index (χ1) is 11.0. The van der Waals surface area contributed by atoms with Crippen molar-refractivity contribution in [1.82, 2.24) is 14.9 Å². The molecule has 1 aromatic carbocycles. The summed E-state index contributed by atoms with van der Waals surface area (Å²) >= 11 is 0. The van der Waals surface area contributed by atoms with Gasteiger partial charge in [-0.25, -0.2) is 8.42 Å². The van der Waals surface area contributed by atoms with Gasteiger partial charge < -0.3 is 10.6 Å². The van der Waals surface area contributed by atoms with E-state index in [4.69, 9.17) is 0 Å². The molecule has 6 nitrogen and oxygen atoms in total. The summed E-state index contributed by atoms with van der Waals surface area (Å²) in [4.78, 5) is 12.4. The van der Waals surface area contributed by atoms with Crippen LogP contribution in [-0.2, 0) is 10.0 Å². The van der Waals surface area contributed by atoms with Crippen molar-refractivity contribution in [3.63, 3.8) is 0 Å². The van der Waals surface area contributed by atoms with Crippen molar-refractivity contribution in [2.24, 2.45) is 0 Å². The predicted octanol–water partition coefficient (Wildman–Crippen LogP) is 1.20. The quantitative estimate of drug-likeness (QED) is 0.782. The minimum atomic E-state index is -3.55. The number of hydrogen-bond donors (Lipinski definition) is 2. The summed E-state index contributed by atoms with van der Waals surface area (Å²) in [5.74, 6) is -0.240. The smallest absolute Gasteiger partial charge is 0.251 e. The van der Waals surface area contributed by atoms with Crippen LogP contribution in [0.15, 0.2) is 29.2 Å². The summed E-state index contributed by atoms with van der Waals surface area (Å²) in [5, 5.41) is 6.18. The van der Waals surface area contributed by atoms with Crippen LogP contribution in [0.1, 0.15) is 37.0 Å². The van der Waals surface area contributed by atoms with E-state index in [-0.39, 0.29) is 10.8 Å². The Morgan fingerprint density at radius 1 is 1.35 bits per heavy atom. The van der Waals surface area contributed by atoms with E-state index in [0.717, 1.165) is 19.4 Å². The molecule has 0 bridgehead atoms. The van der Waals surface area contributed by atoms with Crippen LogP contribution in [0.3, 0.4) is 0 Å². The number of hydrogen-bond acceptors (Lipinski definition) is 4. The molecule has 23 heavy (non-hydrogen) atoms. The molecular weight excluding hydrogens is 314 g/mol. The fourth-order valence-corrected chi connectivity index (χ4v) is 4.26. The number of amides is 1. The van der Waals surface area contributed by atoms with Gasteiger partial charge in [-0.1, -0.05) is 19.9 Å². The van der Waals surface area contributed by atoms with Gasteiger partial charge in [-0.05, 0) is 37.6 Å². The Kier molecular flexibility index (Phi) is 6.15. The highest BCUT2D eigenvalue weighted by atomic mass is 32.2. The molecule has 1 aliphatic rings. The summed E-state index contributed by atoms with van der Waals surface area (Å²) < 4.78 is 26.4. The summed E-state index contributed by atoms with van der Waals surface area (Å²) in [6.45, 7) is 5.95. The van der Waals surface area contributed by atoms with Crippen LogP contribution >= 0.6 is 0 Å². The summed E-state index contributed by atoms with van der Waals surface area (Å²) in [7, 11) is -3.55. The number of benzene rings is 1. The van der Waals surface area contributed by atoms with Crippen molar-refractivity contribution in [2.45, 2.75) is 37.6 Å². The lowest BCUT2D eigenvalue weighted by atomic mass is 10.2. The van der Waals surface area contributed by atoms with E-state index in [9.17, 15) is 13.2 Å². The van der Waals surface area contributed by atoms with Crippen molar-refractivity contribution in [1.29, 1.82) is 0 Å². The first-order valence-electron chi connectivity index (χ1n) is 8.10. The minimum Gasteiger partial charge on any atom is -0.350 e. The Morgan fingerprint density at radius 2 is 2.09 bits per heavy atom. The molecule has 128 valence electrons. The second kappa shape index (κ2) is 7.90. The molecule has 0 aromatic heterocycles. The molecule has 1 unspecified atom stereocenters. The van der Waals surface area contributed by atoms with Gasteiger partial charge in [-0.2, -0.15) is 4.31 Å². The highest BCUT2D eigenvalue weighted by molar-refractivity contribution is 7.89. The van der Waals surface area contributed by atoms with Gasteiger partial charge in [0.2, 0.25) is 10.0 Å². The maximum atomic E-state index is 12.5. The zero-order valence-corrected chi connectivity index (χ0v) is 14.5. The second-order valence-electron chi connectivity index (χ2n) is 5.62. The third kappa shape index (κ3) is 4.31. The molecule has 1 heterocycles. The first-order valence-corrected chi connectivity index (χ1v) is 9.54. The number of nitrogens with zero attached hydrogens (tertiary/aromatic N) is 1. The highest BCUT2D eigenvalue weighted by Gasteiger charge is 2.22. The van der Waals surface area contributed by atoms with Crippen molar-refractivity contribution in [3.05, 3.63) is 29.8 Å². The molecule has 0 saturated carbocycles. The third-order valence-corrected chi connectivity index (χ3v) is 6.16. The Labute approximate surface area is 138 Å². The summed E-state index contributed by atoms with van der Waals surface area (Å²) in [5.41, 5.74) is 0.372. The molecule has 1 atom stereocenters. The Bertz CT molecular complexity index is 636. The fourth-order valence-electron chi connectivity index (χ4n) is 2.76. The van der Waals surface area contributed by atoms with E-state index in [1.807, 2.05) is 0 Å². The lowest BCUT2D eigenvalue weighted by Gasteiger charge is -2.18. The molecule has 1 amide bonds. The van der Waals surface area contributed by atoms with E-state index in [1.165, 1.54) is 16.4 Å². The normalized spacial score (nSPS) is 18.3. The number of nitrogens with one attached hydrogen (secondary N) is 2. The van der Waals surface area contributed by atoms with Gasteiger partial charge in [-0.15, -0.1) is 0 Å². The second-order valence-corrected chi connectivity index (χ2v) is 7.56. The molecule has 0 spiro atoms. The van der Waals surface area contributed by atoms with Crippen LogP contribution in [0.5, 0.6) is 0 Å². The number of sulfonamides is 1. The molecular formula is C16H25N3O3S. The number of carbonyl (C=O) groups excluding carboxylic acids is 1. The van der Waals surface area contributed by atoms with Crippen molar-refractivity contribution in [2.75, 3.05) is 26.2 Å². The van der Waals surface area contributed by atoms with Crippen LogP contribution in [0, 0.1) is 0 Å². The van der Waals surface area contributed by atoms with Crippen molar-refractivity contribution >= 4 is 15.9 Å². The van der Waals surface area contributed by atoms with Gasteiger partial charge >= 0.3 is 0 Å². The first kappa shape index (κ1) is 17.9. The van der Waals surface area contributed by atoms with Crippen LogP contribution in [-0.4, -0.2) is 50.9 Å². The van der Waals surface area contributed by atoms with E-state index < -0.39 is 10.0 Å². The molecule has 1 fully saturated rings. The van der Waals surface area contributed by atoms with E-state index >= 15 is 0 Å². The molecule has 2 N–H and O–H groups in total. The molecule has 0 aliphatic carbocycles. The predicted molar refractivity (Wildman–Crippen MR) is 89.9 cm³/mol. The summed E-state index contributed by atoms with van der Waals surface area (Å²) in [6.07, 6.45) is 2.18. The Morgan fingerprint density at radius 3 is 2.70 bits per heavy atom. The van der Waals surface area contributed by atoms with Gasteiger partial charge in [-0.3, -0.25) is 4.79 Å². The van der Waals surface area contributed by atoms with E-state index in [1.54, 1.807) is 26.0 Å². The maximum absolute atomic E-state index is 12.5. The van der Waals surface area contributed by atoms with Gasteiger partial charge in [0.15, 0.2) is 0 Å². The van der Waals surface area contributed by atoms with Crippen LogP contribution in [0.2, 0.25) is 0 Å². The lowest BCUT2D eigenvalue weighted by Crippen LogP contribution is -2.37. The minimum absolute atomic E-state index is 0.160. The number of rotatable bonds is 7. The maximum Gasteiger partial charge on any atom is 0.251 e. The molecule has 7 heteroatoms. The lowest BCUT2D eigenvalue weighted by molar-refractivity contribution is 0.0950. The van der Waals surface area contributed by atoms with Gasteiger partial charge in [0.05, 0.1) is 4.90 Å². The molecule has 1 saturated heterocycles. The Hall–Kier alpha value is -1.44. The van der Waals surface area contributed by atoms with E-state index in [2.05, 4.69) is 10.6 Å². The van der Waals surface area contributed by atoms with Gasteiger partial charge in [0.25, 0.3) is 5.91 Å². The SMILES string of the molecule is CCN(CC)S(=O)(=O)c1cccc(C(=O)NCC2CCCN2)c1. The van der Waals surface area contributed by atoms with Crippen LogP contribution < -0.4 is 10.6 Å². The molecule has 1 aliphatic heterocycles. The average Bonchev–Trinajstić information content (AvgIpc) is 3.07. The standard InChI is InChI=1S/C16H25N3O3S/c1-3-19(4-2)23(21,22)15-9-5-7-13(11-15)16(20)18-12-14-8-6-10-17-14/h5,7,9,11,14,17H,3-4,6,8,10,12H2,1-2H3,(H,18,20). The zero-order chi connectivity index (χ0) is 16.9. The average molecular weight is 339 g/mol. The highest BCUT2D eigenvalue weighted by Crippen LogP contribution is 2.17. The number of carbonyl (C=O) groups is 1. The summed E-state index contributed by atoms with van der Waals surface area (Å²) in [6, 6.07) is 6.53. The van der Waals surface area contributed by atoms with E-state index in [0.29, 0.717) is 31.2 Å². The van der Waals surface area contributed by atoms with Crippen molar-refractivity contribution in [3.8, 4) is 0 Å². The Balaban J connectivity index is 2.10. The monoisotopic (exact) mass is 339 g/mol. The van der Waals surface area contributed by atoms with Crippen LogP contribution in [0.25, 0.3) is 0 Å². The largest absolute Gasteiger partial charge is 0.350 e. The molecule has 0 radical (unpaired) electrons. The zero-order valence-electron chi connectivity index (χ0n) is 13.7. The van der Waals surface area contributed by atoms with Gasteiger partial charge in [0, 0.05) is 31.2 Å². The molecule has 1 aromatic rings. The molecule has 2 rings (SSSR count). The topological polar surface area (TPSA) is 78.5 Å². The third-order valence-electron chi connectivity index (χ3n) is 4.11. The van der Waals surface area contributed by atoms with Gasteiger partial charge in [0.1, 0.15) is 0 Å². The fraction of sp³-hybridized carbons (Fsp3) is 0.562. The van der Waals surface area contributed by atoms with Crippen molar-refractivity contribution < 1.29 is 13.2 Å². The van der Waals surface area contributed by atoms with Crippen LogP contribution in [0.4, 0.5) is 0 Å².